The van der Waals surface area contributed by atoms with Gasteiger partial charge in [0.1, 0.15) is 12.6 Å². The molecule has 0 aromatic heterocycles. The van der Waals surface area contributed by atoms with Gasteiger partial charge < -0.3 is 10.2 Å². The van der Waals surface area contributed by atoms with Gasteiger partial charge in [-0.15, -0.1) is 0 Å². The number of carbonyl (C=O) groups excluding carboxylic acids is 2. The Morgan fingerprint density at radius 1 is 1.03 bits per heavy atom. The minimum absolute atomic E-state index is 0.0582. The monoisotopic (exact) mass is 527 g/mol. The number of sulfonamides is 1. The maximum Gasteiger partial charge on any atom is 0.244 e. The molecule has 0 saturated heterocycles. The van der Waals surface area contributed by atoms with Crippen LogP contribution in [0.15, 0.2) is 42.5 Å². The van der Waals surface area contributed by atoms with Crippen molar-refractivity contribution >= 4 is 50.7 Å². The fourth-order valence-corrected chi connectivity index (χ4v) is 4.82. The summed E-state index contributed by atoms with van der Waals surface area (Å²) < 4.78 is 26.4. The maximum absolute atomic E-state index is 13.6. The molecule has 0 unspecified atom stereocenters. The van der Waals surface area contributed by atoms with Gasteiger partial charge in [-0.05, 0) is 49.1 Å². The van der Waals surface area contributed by atoms with E-state index in [0.717, 1.165) is 17.0 Å². The highest BCUT2D eigenvalue weighted by molar-refractivity contribution is 7.92. The molecule has 0 aliphatic heterocycles. The number of benzene rings is 2. The lowest BCUT2D eigenvalue weighted by atomic mass is 10.1. The van der Waals surface area contributed by atoms with Gasteiger partial charge in [-0.3, -0.25) is 13.9 Å². The number of hydrogen-bond acceptors (Lipinski definition) is 4. The molecule has 0 bridgehead atoms. The van der Waals surface area contributed by atoms with Crippen molar-refractivity contribution < 1.29 is 18.0 Å². The van der Waals surface area contributed by atoms with Crippen LogP contribution in [0.4, 0.5) is 5.69 Å². The summed E-state index contributed by atoms with van der Waals surface area (Å²) >= 11 is 12.5. The topological polar surface area (TPSA) is 86.8 Å². The van der Waals surface area contributed by atoms with Crippen LogP contribution in [0.3, 0.4) is 0 Å². The third-order valence-corrected chi connectivity index (χ3v) is 7.33. The van der Waals surface area contributed by atoms with Crippen LogP contribution >= 0.6 is 23.2 Å². The SMILES string of the molecule is CCCNC(=O)[C@H](CC)N(Cc1ccccc1Cl)C(=O)CN(c1cccc(Cl)c1C)S(C)(=O)=O. The van der Waals surface area contributed by atoms with Crippen molar-refractivity contribution in [3.05, 3.63) is 63.6 Å². The van der Waals surface area contributed by atoms with Crippen LogP contribution < -0.4 is 9.62 Å². The van der Waals surface area contributed by atoms with Crippen LogP contribution in [0.5, 0.6) is 0 Å². The zero-order valence-corrected chi connectivity index (χ0v) is 22.2. The number of nitrogens with zero attached hydrogens (tertiary/aromatic N) is 2. The van der Waals surface area contributed by atoms with E-state index in [9.17, 15) is 18.0 Å². The van der Waals surface area contributed by atoms with E-state index < -0.39 is 28.5 Å². The molecule has 186 valence electrons. The highest BCUT2D eigenvalue weighted by atomic mass is 35.5. The standard InChI is InChI=1S/C24H31Cl2N3O4S/c1-5-14-27-24(31)21(6-2)28(15-18-10-7-8-11-20(18)26)23(30)16-29(34(4,32)33)22-13-9-12-19(25)17(22)3/h7-13,21H,5-6,14-16H2,1-4H3,(H,27,31)/t21-/m0/s1. The molecule has 0 aliphatic carbocycles. The molecule has 2 aromatic rings. The summed E-state index contributed by atoms with van der Waals surface area (Å²) in [4.78, 5) is 27.9. The Morgan fingerprint density at radius 3 is 2.26 bits per heavy atom. The average Bonchev–Trinajstić information content (AvgIpc) is 2.78. The number of anilines is 1. The van der Waals surface area contributed by atoms with Gasteiger partial charge in [0.25, 0.3) is 0 Å². The van der Waals surface area contributed by atoms with E-state index in [1.165, 1.54) is 4.90 Å². The second-order valence-corrected chi connectivity index (χ2v) is 10.7. The number of nitrogens with one attached hydrogen (secondary N) is 1. The number of hydrogen-bond donors (Lipinski definition) is 1. The summed E-state index contributed by atoms with van der Waals surface area (Å²) in [6, 6.07) is 11.1. The van der Waals surface area contributed by atoms with Gasteiger partial charge in [0, 0.05) is 23.1 Å². The van der Waals surface area contributed by atoms with E-state index in [-0.39, 0.29) is 12.5 Å². The van der Waals surface area contributed by atoms with Crippen molar-refractivity contribution in [1.82, 2.24) is 10.2 Å². The summed E-state index contributed by atoms with van der Waals surface area (Å²) in [7, 11) is -3.83. The predicted octanol–water partition coefficient (Wildman–Crippen LogP) is 4.40. The highest BCUT2D eigenvalue weighted by Crippen LogP contribution is 2.29. The molecule has 0 heterocycles. The fourth-order valence-electron chi connectivity index (χ4n) is 3.56. The molecule has 10 heteroatoms. The molecular weight excluding hydrogens is 497 g/mol. The highest BCUT2D eigenvalue weighted by Gasteiger charge is 2.32. The van der Waals surface area contributed by atoms with Crippen LogP contribution in [-0.4, -0.2) is 50.5 Å². The van der Waals surface area contributed by atoms with Gasteiger partial charge in [0.15, 0.2) is 0 Å². The fraction of sp³-hybridized carbons (Fsp3) is 0.417. The van der Waals surface area contributed by atoms with Gasteiger partial charge in [0.2, 0.25) is 21.8 Å². The van der Waals surface area contributed by atoms with Gasteiger partial charge in [-0.25, -0.2) is 8.42 Å². The van der Waals surface area contributed by atoms with Crippen LogP contribution in [0.1, 0.15) is 37.8 Å². The van der Waals surface area contributed by atoms with Crippen molar-refractivity contribution in [2.45, 2.75) is 46.2 Å². The van der Waals surface area contributed by atoms with Gasteiger partial charge >= 0.3 is 0 Å². The molecule has 0 radical (unpaired) electrons. The molecule has 7 nitrogen and oxygen atoms in total. The molecule has 2 amide bonds. The number of rotatable bonds is 11. The maximum atomic E-state index is 13.6. The average molecular weight is 529 g/mol. The third-order valence-electron chi connectivity index (χ3n) is 5.42. The molecule has 0 fully saturated rings. The molecule has 34 heavy (non-hydrogen) atoms. The summed E-state index contributed by atoms with van der Waals surface area (Å²) in [5.41, 5.74) is 1.50. The van der Waals surface area contributed by atoms with E-state index in [0.29, 0.717) is 39.8 Å². The van der Waals surface area contributed by atoms with E-state index in [2.05, 4.69) is 5.32 Å². The Balaban J connectivity index is 2.48. The Labute approximate surface area is 212 Å². The third kappa shape index (κ3) is 7.10. The Bertz CT molecular complexity index is 1120. The normalized spacial score (nSPS) is 12.2. The lowest BCUT2D eigenvalue weighted by Crippen LogP contribution is -2.52. The molecule has 0 spiro atoms. The van der Waals surface area contributed by atoms with Gasteiger partial charge in [-0.2, -0.15) is 0 Å². The quantitative estimate of drug-likeness (QED) is 0.469. The largest absolute Gasteiger partial charge is 0.354 e. The van der Waals surface area contributed by atoms with Crippen LogP contribution in [0.25, 0.3) is 0 Å². The Kier molecular flexibility index (Phi) is 10.2. The van der Waals surface area contributed by atoms with Crippen molar-refractivity contribution in [1.29, 1.82) is 0 Å². The van der Waals surface area contributed by atoms with Crippen LogP contribution in [0.2, 0.25) is 10.0 Å². The second kappa shape index (κ2) is 12.4. The van der Waals surface area contributed by atoms with Crippen molar-refractivity contribution in [2.24, 2.45) is 0 Å². The van der Waals surface area contributed by atoms with E-state index in [1.54, 1.807) is 56.3 Å². The molecular formula is C24H31Cl2N3O4S. The summed E-state index contributed by atoms with van der Waals surface area (Å²) in [5.74, 6) is -0.821. The molecule has 1 N–H and O–H groups in total. The van der Waals surface area contributed by atoms with E-state index in [1.807, 2.05) is 6.92 Å². The predicted molar refractivity (Wildman–Crippen MR) is 138 cm³/mol. The second-order valence-electron chi connectivity index (χ2n) is 7.98. The van der Waals surface area contributed by atoms with Crippen LogP contribution in [-0.2, 0) is 26.2 Å². The number of carbonyl (C=O) groups is 2. The van der Waals surface area contributed by atoms with E-state index >= 15 is 0 Å². The summed E-state index contributed by atoms with van der Waals surface area (Å²) in [5, 5.41) is 3.68. The molecule has 2 aromatic carbocycles. The first kappa shape index (κ1) is 28.0. The summed E-state index contributed by atoms with van der Waals surface area (Å²) in [6.45, 7) is 5.48. The van der Waals surface area contributed by atoms with Gasteiger partial charge in [0.05, 0.1) is 11.9 Å². The minimum Gasteiger partial charge on any atom is -0.354 e. The van der Waals surface area contributed by atoms with E-state index in [4.69, 9.17) is 23.2 Å². The minimum atomic E-state index is -3.83. The number of amides is 2. The van der Waals surface area contributed by atoms with Crippen molar-refractivity contribution in [2.75, 3.05) is 23.7 Å². The molecule has 0 saturated carbocycles. The Morgan fingerprint density at radius 2 is 1.68 bits per heavy atom. The first-order chi connectivity index (χ1) is 16.0. The first-order valence-corrected chi connectivity index (χ1v) is 13.6. The smallest absolute Gasteiger partial charge is 0.244 e. The van der Waals surface area contributed by atoms with Gasteiger partial charge in [-0.1, -0.05) is 61.3 Å². The lowest BCUT2D eigenvalue weighted by Gasteiger charge is -2.33. The summed E-state index contributed by atoms with van der Waals surface area (Å²) in [6.07, 6.45) is 2.13. The first-order valence-electron chi connectivity index (χ1n) is 11.0. The molecule has 1 atom stereocenters. The molecule has 0 aliphatic rings. The zero-order chi connectivity index (χ0) is 25.5. The number of halogens is 2. The van der Waals surface area contributed by atoms with Crippen molar-refractivity contribution in [3.63, 3.8) is 0 Å². The zero-order valence-electron chi connectivity index (χ0n) is 19.8. The molecule has 2 rings (SSSR count). The van der Waals surface area contributed by atoms with Crippen LogP contribution in [0, 0.1) is 6.92 Å². The Hall–Kier alpha value is -2.29. The van der Waals surface area contributed by atoms with Crippen molar-refractivity contribution in [3.8, 4) is 0 Å². The lowest BCUT2D eigenvalue weighted by molar-refractivity contribution is -0.140.